The Morgan fingerprint density at radius 3 is 2.18 bits per heavy atom. The molecule has 0 heterocycles. The number of aldehydes is 1. The van der Waals surface area contributed by atoms with Gasteiger partial charge in [0.15, 0.2) is 0 Å². The molecule has 0 fully saturated rings. The van der Waals surface area contributed by atoms with E-state index in [1.165, 1.54) is 0 Å². The Morgan fingerprint density at radius 1 is 0.897 bits per heavy atom. The number of aryl methyl sites for hydroxylation is 1. The van der Waals surface area contributed by atoms with Crippen LogP contribution in [-0.2, 0) is 25.6 Å². The number of primary amides is 1. The number of hydrogen-bond donors (Lipinski definition) is 6. The summed E-state index contributed by atoms with van der Waals surface area (Å²) in [5.41, 5.74) is 6.63. The lowest BCUT2D eigenvalue weighted by Gasteiger charge is -2.25. The van der Waals surface area contributed by atoms with Gasteiger partial charge in [-0.2, -0.15) is 0 Å². The van der Waals surface area contributed by atoms with Crippen LogP contribution in [0.2, 0.25) is 0 Å². The van der Waals surface area contributed by atoms with Crippen LogP contribution in [0.5, 0.6) is 0 Å². The normalized spacial score (nSPS) is 12.5. The number of nitrogens with two attached hydrogens (primary N) is 1. The third kappa shape index (κ3) is 14.9. The molecule has 0 aliphatic heterocycles. The zero-order valence-electron chi connectivity index (χ0n) is 23.7. The second kappa shape index (κ2) is 18.7. The number of anilines is 1. The van der Waals surface area contributed by atoms with Gasteiger partial charge in [0, 0.05) is 31.1 Å². The average Bonchev–Trinajstić information content (AvgIpc) is 2.87. The molecule has 0 aliphatic rings. The van der Waals surface area contributed by atoms with Crippen molar-refractivity contribution >= 4 is 35.7 Å². The maximum absolute atomic E-state index is 13.2. The number of nitrogens with one attached hydrogen (secondary N) is 5. The highest BCUT2D eigenvalue weighted by Crippen LogP contribution is 2.13. The van der Waals surface area contributed by atoms with Crippen LogP contribution in [0.3, 0.4) is 0 Å². The third-order valence-corrected chi connectivity index (χ3v) is 6.02. The number of benzene rings is 1. The summed E-state index contributed by atoms with van der Waals surface area (Å²) in [6.07, 6.45) is 4.39. The van der Waals surface area contributed by atoms with E-state index >= 15 is 0 Å². The maximum atomic E-state index is 13.2. The van der Waals surface area contributed by atoms with Gasteiger partial charge in [-0.25, -0.2) is 4.79 Å². The van der Waals surface area contributed by atoms with Gasteiger partial charge < -0.3 is 37.1 Å². The van der Waals surface area contributed by atoms with E-state index < -0.39 is 29.9 Å². The van der Waals surface area contributed by atoms with E-state index in [2.05, 4.69) is 40.4 Å². The van der Waals surface area contributed by atoms with Gasteiger partial charge in [0.25, 0.3) is 0 Å². The van der Waals surface area contributed by atoms with Gasteiger partial charge in [0.1, 0.15) is 18.4 Å². The molecule has 0 bridgehead atoms. The van der Waals surface area contributed by atoms with Crippen molar-refractivity contribution in [2.45, 2.75) is 90.8 Å². The van der Waals surface area contributed by atoms with E-state index in [9.17, 15) is 24.0 Å². The minimum Gasteiger partial charge on any atom is -0.352 e. The van der Waals surface area contributed by atoms with Crippen molar-refractivity contribution in [1.82, 2.24) is 21.3 Å². The fraction of sp³-hybridized carbons (Fsp3) is 0.607. The second-order valence-electron chi connectivity index (χ2n) is 10.2. The predicted molar refractivity (Wildman–Crippen MR) is 152 cm³/mol. The Hall–Kier alpha value is -3.47. The zero-order valence-corrected chi connectivity index (χ0v) is 23.7. The number of hydrogen-bond acceptors (Lipinski definition) is 6. The van der Waals surface area contributed by atoms with Crippen LogP contribution >= 0.6 is 0 Å². The fourth-order valence-corrected chi connectivity index (χ4v) is 3.84. The molecule has 2 atom stereocenters. The standard InChI is InChI=1S/C28H46N6O5/c1-19(2)25(34-24(36)11-5-6-16-30-20(3)4)27(38)33-23(10-7-17-31-28(29)39)26(37)32-22-14-12-21(13-15-22)9-8-18-35/h12-15,18-20,23,25,30H,5-11,16-17H2,1-4H3,(H,32,37)(H,33,38)(H,34,36)(H3,29,31,39)/t23-,25-/m0/s1. The van der Waals surface area contributed by atoms with Gasteiger partial charge >= 0.3 is 6.03 Å². The Labute approximate surface area is 231 Å². The molecular weight excluding hydrogens is 500 g/mol. The molecule has 7 N–H and O–H groups in total. The molecule has 1 aromatic carbocycles. The highest BCUT2D eigenvalue weighted by atomic mass is 16.2. The molecular formula is C28H46N6O5. The van der Waals surface area contributed by atoms with Crippen LogP contribution in [0.15, 0.2) is 24.3 Å². The molecule has 0 aromatic heterocycles. The predicted octanol–water partition coefficient (Wildman–Crippen LogP) is 2.00. The SMILES string of the molecule is CC(C)NCCCCC(=O)N[C@H](C(=O)N[C@@H](CCCNC(N)=O)C(=O)Nc1ccc(CCC=O)cc1)C(C)C. The molecule has 0 unspecified atom stereocenters. The number of rotatable bonds is 19. The van der Waals surface area contributed by atoms with Crippen molar-refractivity contribution in [2.24, 2.45) is 11.7 Å². The highest BCUT2D eigenvalue weighted by Gasteiger charge is 2.28. The van der Waals surface area contributed by atoms with Crippen molar-refractivity contribution in [3.8, 4) is 0 Å². The van der Waals surface area contributed by atoms with Crippen LogP contribution < -0.4 is 32.3 Å². The summed E-state index contributed by atoms with van der Waals surface area (Å²) >= 11 is 0. The highest BCUT2D eigenvalue weighted by molar-refractivity contribution is 5.98. The first-order chi connectivity index (χ1) is 18.5. The Balaban J connectivity index is 2.81. The zero-order chi connectivity index (χ0) is 29.2. The van der Waals surface area contributed by atoms with Crippen molar-refractivity contribution < 1.29 is 24.0 Å². The molecule has 218 valence electrons. The molecule has 0 saturated carbocycles. The average molecular weight is 547 g/mol. The molecule has 39 heavy (non-hydrogen) atoms. The topological polar surface area (TPSA) is 172 Å². The first-order valence-corrected chi connectivity index (χ1v) is 13.7. The lowest BCUT2D eigenvalue weighted by Crippen LogP contribution is -2.54. The van der Waals surface area contributed by atoms with Gasteiger partial charge in [-0.05, 0) is 62.3 Å². The quantitative estimate of drug-likeness (QED) is 0.114. The molecule has 0 radical (unpaired) electrons. The monoisotopic (exact) mass is 546 g/mol. The largest absolute Gasteiger partial charge is 0.352 e. The summed E-state index contributed by atoms with van der Waals surface area (Å²) < 4.78 is 0. The van der Waals surface area contributed by atoms with E-state index in [1.54, 1.807) is 12.1 Å². The molecule has 1 rings (SSSR count). The number of carbonyl (C=O) groups excluding carboxylic acids is 5. The summed E-state index contributed by atoms with van der Waals surface area (Å²) in [6, 6.07) is 5.14. The van der Waals surface area contributed by atoms with Crippen molar-refractivity contribution in [3.63, 3.8) is 0 Å². The fourth-order valence-electron chi connectivity index (χ4n) is 3.84. The smallest absolute Gasteiger partial charge is 0.312 e. The van der Waals surface area contributed by atoms with Crippen molar-refractivity contribution in [1.29, 1.82) is 0 Å². The Bertz CT molecular complexity index is 920. The lowest BCUT2D eigenvalue weighted by atomic mass is 10.0. The minimum absolute atomic E-state index is 0.198. The van der Waals surface area contributed by atoms with Crippen LogP contribution in [-0.4, -0.2) is 61.3 Å². The first kappa shape index (κ1) is 33.6. The third-order valence-electron chi connectivity index (χ3n) is 6.02. The first-order valence-electron chi connectivity index (χ1n) is 13.7. The van der Waals surface area contributed by atoms with Gasteiger partial charge in [-0.3, -0.25) is 14.4 Å². The van der Waals surface area contributed by atoms with Gasteiger partial charge in [0.05, 0.1) is 0 Å². The van der Waals surface area contributed by atoms with Crippen molar-refractivity contribution in [2.75, 3.05) is 18.4 Å². The summed E-state index contributed by atoms with van der Waals surface area (Å²) in [5, 5.41) is 14.2. The summed E-state index contributed by atoms with van der Waals surface area (Å²) in [5.74, 6) is -1.29. The summed E-state index contributed by atoms with van der Waals surface area (Å²) in [7, 11) is 0. The van der Waals surface area contributed by atoms with Gasteiger partial charge in [-0.15, -0.1) is 0 Å². The van der Waals surface area contributed by atoms with Crippen molar-refractivity contribution in [3.05, 3.63) is 29.8 Å². The van der Waals surface area contributed by atoms with Gasteiger partial charge in [0.2, 0.25) is 17.7 Å². The van der Waals surface area contributed by atoms with E-state index in [1.807, 2.05) is 26.0 Å². The molecule has 1 aromatic rings. The Morgan fingerprint density at radius 2 is 1.59 bits per heavy atom. The summed E-state index contributed by atoms with van der Waals surface area (Å²) in [6.45, 7) is 8.85. The molecule has 0 spiro atoms. The number of urea groups is 1. The maximum Gasteiger partial charge on any atom is 0.312 e. The van der Waals surface area contributed by atoms with E-state index in [0.717, 1.165) is 24.8 Å². The Kier molecular flexibility index (Phi) is 16.1. The van der Waals surface area contributed by atoms with Crippen LogP contribution in [0.25, 0.3) is 0 Å². The number of unbranched alkanes of at least 4 members (excludes halogenated alkanes) is 1. The van der Waals surface area contributed by atoms with Crippen LogP contribution in [0.4, 0.5) is 10.5 Å². The second-order valence-corrected chi connectivity index (χ2v) is 10.2. The molecule has 0 saturated heterocycles. The lowest BCUT2D eigenvalue weighted by molar-refractivity contribution is -0.132. The van der Waals surface area contributed by atoms with Gasteiger partial charge in [-0.1, -0.05) is 39.8 Å². The van der Waals surface area contributed by atoms with Crippen LogP contribution in [0.1, 0.15) is 71.8 Å². The number of carbonyl (C=O) groups is 5. The van der Waals surface area contributed by atoms with E-state index in [4.69, 9.17) is 5.73 Å². The van der Waals surface area contributed by atoms with Crippen LogP contribution in [0, 0.1) is 5.92 Å². The molecule has 11 heteroatoms. The summed E-state index contributed by atoms with van der Waals surface area (Å²) in [4.78, 5) is 60.4. The molecule has 11 nitrogen and oxygen atoms in total. The molecule has 0 aliphatic carbocycles. The number of amides is 5. The minimum atomic E-state index is -0.901. The molecule has 5 amide bonds. The van der Waals surface area contributed by atoms with E-state index in [-0.39, 0.29) is 24.8 Å². The van der Waals surface area contributed by atoms with E-state index in [0.29, 0.717) is 43.8 Å².